The molecule has 0 aliphatic carbocycles. The number of hydrogen-bond donors (Lipinski definition) is 0. The summed E-state index contributed by atoms with van der Waals surface area (Å²) in [6, 6.07) is 8.30. The Hall–Kier alpha value is -1.49. The molecule has 3 rings (SSSR count). The van der Waals surface area contributed by atoms with Crippen LogP contribution in [0.15, 0.2) is 29.2 Å². The van der Waals surface area contributed by atoms with Gasteiger partial charge in [-0.15, -0.1) is 11.8 Å². The number of carbonyl (C=O) groups is 2. The molecule has 0 radical (unpaired) electrons. The maximum Gasteiger partial charge on any atom is 0.245 e. The van der Waals surface area contributed by atoms with Gasteiger partial charge in [0, 0.05) is 36.2 Å². The van der Waals surface area contributed by atoms with Crippen LogP contribution in [0.3, 0.4) is 0 Å². The molecule has 0 unspecified atom stereocenters. The van der Waals surface area contributed by atoms with Crippen molar-refractivity contribution < 1.29 is 9.59 Å². The van der Waals surface area contributed by atoms with E-state index in [1.54, 1.807) is 4.90 Å². The lowest BCUT2D eigenvalue weighted by Crippen LogP contribution is -2.50. The van der Waals surface area contributed by atoms with Crippen LogP contribution < -0.4 is 0 Å². The molecule has 2 aliphatic heterocycles. The zero-order chi connectivity index (χ0) is 17.1. The highest BCUT2D eigenvalue weighted by molar-refractivity contribution is 8.00. The monoisotopic (exact) mass is 346 g/mol. The van der Waals surface area contributed by atoms with Gasteiger partial charge in [0.1, 0.15) is 6.04 Å². The van der Waals surface area contributed by atoms with Gasteiger partial charge in [0.2, 0.25) is 11.8 Å². The van der Waals surface area contributed by atoms with E-state index in [9.17, 15) is 9.59 Å². The highest BCUT2D eigenvalue weighted by Crippen LogP contribution is 2.31. The van der Waals surface area contributed by atoms with E-state index in [0.29, 0.717) is 11.7 Å². The van der Waals surface area contributed by atoms with Crippen LogP contribution >= 0.6 is 11.8 Å². The molecule has 2 fully saturated rings. The SMILES string of the molecule is Cc1cccc(SC2CCN(C(=O)[C@H](C)N3CCCC3=O)CC2)c1. The lowest BCUT2D eigenvalue weighted by atomic mass is 10.1. The summed E-state index contributed by atoms with van der Waals surface area (Å²) in [5, 5.41) is 0.569. The Labute approximate surface area is 148 Å². The first-order valence-electron chi connectivity index (χ1n) is 8.86. The van der Waals surface area contributed by atoms with Crippen molar-refractivity contribution in [3.05, 3.63) is 29.8 Å². The van der Waals surface area contributed by atoms with Crippen molar-refractivity contribution in [3.63, 3.8) is 0 Å². The fraction of sp³-hybridized carbons (Fsp3) is 0.579. The molecule has 2 amide bonds. The standard InChI is InChI=1S/C19H26N2O2S/c1-14-5-3-6-17(13-14)24-16-8-11-20(12-9-16)19(23)15(2)21-10-4-7-18(21)22/h3,5-6,13,15-16H,4,7-12H2,1-2H3/t15-/m0/s1. The van der Waals surface area contributed by atoms with Crippen molar-refractivity contribution in [3.8, 4) is 0 Å². The van der Waals surface area contributed by atoms with Crippen LogP contribution in [0.4, 0.5) is 0 Å². The van der Waals surface area contributed by atoms with Crippen LogP contribution in [0, 0.1) is 6.92 Å². The van der Waals surface area contributed by atoms with Gasteiger partial charge in [-0.3, -0.25) is 9.59 Å². The molecule has 1 aromatic rings. The number of aryl methyl sites for hydroxylation is 1. The maximum atomic E-state index is 12.7. The molecule has 4 nitrogen and oxygen atoms in total. The Morgan fingerprint density at radius 2 is 2.00 bits per heavy atom. The van der Waals surface area contributed by atoms with Gasteiger partial charge in [-0.2, -0.15) is 0 Å². The normalized spacial score (nSPS) is 20.5. The number of rotatable bonds is 4. The molecule has 5 heteroatoms. The minimum Gasteiger partial charge on any atom is -0.341 e. The average Bonchev–Trinajstić information content (AvgIpc) is 3.00. The zero-order valence-electron chi connectivity index (χ0n) is 14.5. The summed E-state index contributed by atoms with van der Waals surface area (Å²) in [5.41, 5.74) is 1.29. The fourth-order valence-corrected chi connectivity index (χ4v) is 4.79. The molecule has 130 valence electrons. The molecule has 0 aromatic heterocycles. The highest BCUT2D eigenvalue weighted by Gasteiger charge is 2.33. The summed E-state index contributed by atoms with van der Waals surface area (Å²) in [4.78, 5) is 29.5. The number of thioether (sulfide) groups is 1. The van der Waals surface area contributed by atoms with Crippen molar-refractivity contribution in [1.29, 1.82) is 0 Å². The second-order valence-corrected chi connectivity index (χ2v) is 8.20. The molecule has 2 heterocycles. The Balaban J connectivity index is 1.51. The summed E-state index contributed by atoms with van der Waals surface area (Å²) >= 11 is 1.92. The van der Waals surface area contributed by atoms with Gasteiger partial charge in [0.15, 0.2) is 0 Å². The zero-order valence-corrected chi connectivity index (χ0v) is 15.3. The predicted octanol–water partition coefficient (Wildman–Crippen LogP) is 3.09. The lowest BCUT2D eigenvalue weighted by Gasteiger charge is -2.35. The molecule has 24 heavy (non-hydrogen) atoms. The number of carbonyl (C=O) groups excluding carboxylic acids is 2. The van der Waals surface area contributed by atoms with Crippen LogP contribution in [0.5, 0.6) is 0 Å². The molecule has 0 spiro atoms. The summed E-state index contributed by atoms with van der Waals surface area (Å²) in [5.74, 6) is 0.241. The molecule has 1 atom stereocenters. The van der Waals surface area contributed by atoms with Crippen molar-refractivity contribution >= 4 is 23.6 Å². The molecule has 2 saturated heterocycles. The van der Waals surface area contributed by atoms with E-state index in [0.717, 1.165) is 38.9 Å². The van der Waals surface area contributed by atoms with Crippen LogP contribution in [-0.4, -0.2) is 52.5 Å². The van der Waals surface area contributed by atoms with Crippen molar-refractivity contribution in [2.75, 3.05) is 19.6 Å². The van der Waals surface area contributed by atoms with Crippen LogP contribution in [-0.2, 0) is 9.59 Å². The van der Waals surface area contributed by atoms with Gasteiger partial charge in [-0.25, -0.2) is 0 Å². The molecule has 0 saturated carbocycles. The molecule has 0 N–H and O–H groups in total. The first kappa shape index (κ1) is 17.3. The van der Waals surface area contributed by atoms with E-state index >= 15 is 0 Å². The number of hydrogen-bond acceptors (Lipinski definition) is 3. The van der Waals surface area contributed by atoms with Gasteiger partial charge in [0.25, 0.3) is 0 Å². The Kier molecular flexibility index (Phi) is 5.49. The van der Waals surface area contributed by atoms with E-state index < -0.39 is 0 Å². The Morgan fingerprint density at radius 3 is 2.62 bits per heavy atom. The lowest BCUT2D eigenvalue weighted by molar-refractivity contribution is -0.143. The number of nitrogens with zero attached hydrogens (tertiary/aromatic N) is 2. The fourth-order valence-electron chi connectivity index (χ4n) is 3.55. The van der Waals surface area contributed by atoms with E-state index in [1.807, 2.05) is 23.6 Å². The van der Waals surface area contributed by atoms with E-state index in [2.05, 4.69) is 31.2 Å². The second kappa shape index (κ2) is 7.60. The highest BCUT2D eigenvalue weighted by atomic mass is 32.2. The minimum absolute atomic E-state index is 0.115. The van der Waals surface area contributed by atoms with Crippen LogP contribution in [0.1, 0.15) is 38.2 Å². The summed E-state index contributed by atoms with van der Waals surface area (Å²) < 4.78 is 0. The smallest absolute Gasteiger partial charge is 0.245 e. The summed E-state index contributed by atoms with van der Waals surface area (Å²) in [7, 11) is 0. The number of piperidine rings is 1. The van der Waals surface area contributed by atoms with Crippen LogP contribution in [0.2, 0.25) is 0 Å². The van der Waals surface area contributed by atoms with E-state index in [4.69, 9.17) is 0 Å². The molecule has 2 aliphatic rings. The Bertz CT molecular complexity index is 611. The van der Waals surface area contributed by atoms with E-state index in [1.165, 1.54) is 10.5 Å². The molecule has 0 bridgehead atoms. The van der Waals surface area contributed by atoms with Crippen LogP contribution in [0.25, 0.3) is 0 Å². The number of benzene rings is 1. The summed E-state index contributed by atoms with van der Waals surface area (Å²) in [6.07, 6.45) is 3.51. The van der Waals surface area contributed by atoms with Gasteiger partial charge < -0.3 is 9.80 Å². The van der Waals surface area contributed by atoms with Gasteiger partial charge in [-0.05, 0) is 45.2 Å². The predicted molar refractivity (Wildman–Crippen MR) is 97.0 cm³/mol. The Morgan fingerprint density at radius 1 is 1.25 bits per heavy atom. The third kappa shape index (κ3) is 3.94. The summed E-state index contributed by atoms with van der Waals surface area (Å²) in [6.45, 7) is 6.32. The van der Waals surface area contributed by atoms with Gasteiger partial charge in [-0.1, -0.05) is 17.7 Å². The maximum absolute atomic E-state index is 12.7. The molecule has 1 aromatic carbocycles. The number of amides is 2. The minimum atomic E-state index is -0.305. The quantitative estimate of drug-likeness (QED) is 0.841. The first-order valence-corrected chi connectivity index (χ1v) is 9.74. The van der Waals surface area contributed by atoms with Gasteiger partial charge >= 0.3 is 0 Å². The van der Waals surface area contributed by atoms with Crippen molar-refractivity contribution in [2.45, 2.75) is 55.7 Å². The van der Waals surface area contributed by atoms with Crippen molar-refractivity contribution in [2.24, 2.45) is 0 Å². The number of likely N-dealkylation sites (tertiary alicyclic amines) is 2. The molecular formula is C19H26N2O2S. The third-order valence-electron chi connectivity index (χ3n) is 4.98. The molecular weight excluding hydrogens is 320 g/mol. The van der Waals surface area contributed by atoms with E-state index in [-0.39, 0.29) is 17.9 Å². The third-order valence-corrected chi connectivity index (χ3v) is 6.31. The largest absolute Gasteiger partial charge is 0.341 e. The first-order chi connectivity index (χ1) is 11.5. The average molecular weight is 346 g/mol. The topological polar surface area (TPSA) is 40.6 Å². The second-order valence-electron chi connectivity index (χ2n) is 6.83. The van der Waals surface area contributed by atoms with Gasteiger partial charge in [0.05, 0.1) is 0 Å². The van der Waals surface area contributed by atoms with Crippen molar-refractivity contribution in [1.82, 2.24) is 9.80 Å².